The molecule has 1 aliphatic heterocycles. The maximum atomic E-state index is 12.5. The summed E-state index contributed by atoms with van der Waals surface area (Å²) in [5, 5.41) is 2.67. The lowest BCUT2D eigenvalue weighted by atomic mass is 10.1. The van der Waals surface area contributed by atoms with Crippen molar-refractivity contribution in [2.24, 2.45) is 0 Å². The van der Waals surface area contributed by atoms with Gasteiger partial charge >= 0.3 is 6.18 Å². The maximum Gasteiger partial charge on any atom is 0.416 e. The molecule has 2 amide bonds. The summed E-state index contributed by atoms with van der Waals surface area (Å²) in [6.07, 6.45) is -0.308. The summed E-state index contributed by atoms with van der Waals surface area (Å²) in [6, 6.07) is 11.5. The van der Waals surface area contributed by atoms with Crippen molar-refractivity contribution in [3.05, 3.63) is 65.7 Å². The summed E-state index contributed by atoms with van der Waals surface area (Å²) < 4.78 is 37.6. The van der Waals surface area contributed by atoms with Gasteiger partial charge in [0.25, 0.3) is 0 Å². The van der Waals surface area contributed by atoms with Gasteiger partial charge in [-0.25, -0.2) is 0 Å². The molecule has 0 bridgehead atoms. The summed E-state index contributed by atoms with van der Waals surface area (Å²) in [7, 11) is 0. The van der Waals surface area contributed by atoms with Gasteiger partial charge in [0.2, 0.25) is 11.8 Å². The molecule has 0 saturated carbocycles. The van der Waals surface area contributed by atoms with Crippen molar-refractivity contribution < 1.29 is 22.8 Å². The van der Waals surface area contributed by atoms with Gasteiger partial charge in [-0.15, -0.1) is 0 Å². The number of amides is 2. The van der Waals surface area contributed by atoms with Gasteiger partial charge in [0.05, 0.1) is 5.56 Å². The van der Waals surface area contributed by atoms with Gasteiger partial charge in [-0.2, -0.15) is 13.2 Å². The molecule has 3 rings (SSSR count). The van der Waals surface area contributed by atoms with Gasteiger partial charge in [0.1, 0.15) is 0 Å². The fourth-order valence-electron chi connectivity index (χ4n) is 2.78. The average Bonchev–Trinajstić information content (AvgIpc) is 3.06. The largest absolute Gasteiger partial charge is 0.416 e. The lowest BCUT2D eigenvalue weighted by molar-refractivity contribution is -0.137. The molecule has 0 aromatic heterocycles. The molecule has 4 nitrogen and oxygen atoms in total. The molecule has 0 unspecified atom stereocenters. The first kappa shape index (κ1) is 18.7. The smallest absolute Gasteiger partial charge is 0.323 e. The standard InChI is InChI=1S/C20H17F3N2O2/c21-20(22,23)15-6-3-14(4-7-15)5-12-18(26)24-16-8-10-17(11-9-16)25-13-1-2-19(25)27/h3-12H,1-2,13H2,(H,24,26)/b12-5+. The van der Waals surface area contributed by atoms with E-state index in [9.17, 15) is 22.8 Å². The van der Waals surface area contributed by atoms with Crippen molar-refractivity contribution in [1.29, 1.82) is 0 Å². The minimum absolute atomic E-state index is 0.0891. The van der Waals surface area contributed by atoms with E-state index in [4.69, 9.17) is 0 Å². The monoisotopic (exact) mass is 374 g/mol. The zero-order valence-corrected chi connectivity index (χ0v) is 14.3. The Hall–Kier alpha value is -3.09. The molecule has 27 heavy (non-hydrogen) atoms. The number of alkyl halides is 3. The normalized spacial score (nSPS) is 14.8. The Morgan fingerprint density at radius 2 is 1.70 bits per heavy atom. The molecule has 1 N–H and O–H groups in total. The lowest BCUT2D eigenvalue weighted by Crippen LogP contribution is -2.23. The third-order valence-corrected chi connectivity index (χ3v) is 4.19. The summed E-state index contributed by atoms with van der Waals surface area (Å²) in [5.74, 6) is -0.314. The molecule has 0 atom stereocenters. The van der Waals surface area contributed by atoms with Crippen molar-refractivity contribution in [2.75, 3.05) is 16.8 Å². The number of nitrogens with one attached hydrogen (secondary N) is 1. The van der Waals surface area contributed by atoms with Crippen LogP contribution < -0.4 is 10.2 Å². The van der Waals surface area contributed by atoms with E-state index < -0.39 is 17.6 Å². The molecular formula is C20H17F3N2O2. The second-order valence-corrected chi connectivity index (χ2v) is 6.14. The Bertz CT molecular complexity index is 856. The molecule has 2 aromatic carbocycles. The molecule has 0 spiro atoms. The zero-order chi connectivity index (χ0) is 19.4. The molecule has 7 heteroatoms. The van der Waals surface area contributed by atoms with Crippen LogP contribution >= 0.6 is 0 Å². The molecule has 0 aliphatic carbocycles. The maximum absolute atomic E-state index is 12.5. The molecule has 1 heterocycles. The highest BCUT2D eigenvalue weighted by Crippen LogP contribution is 2.29. The molecular weight excluding hydrogens is 357 g/mol. The molecule has 1 aliphatic rings. The molecule has 1 saturated heterocycles. The molecule has 0 radical (unpaired) electrons. The van der Waals surface area contributed by atoms with E-state index in [0.29, 0.717) is 24.2 Å². The molecule has 140 valence electrons. The van der Waals surface area contributed by atoms with E-state index in [0.717, 1.165) is 24.2 Å². The fraction of sp³-hybridized carbons (Fsp3) is 0.200. The van der Waals surface area contributed by atoms with Gasteiger partial charge in [0.15, 0.2) is 0 Å². The van der Waals surface area contributed by atoms with Crippen molar-refractivity contribution >= 4 is 29.3 Å². The second-order valence-electron chi connectivity index (χ2n) is 6.14. The topological polar surface area (TPSA) is 49.4 Å². The summed E-state index contributed by atoms with van der Waals surface area (Å²) in [5.41, 5.74) is 1.10. The molecule has 2 aromatic rings. The van der Waals surface area contributed by atoms with Crippen LogP contribution in [0.15, 0.2) is 54.6 Å². The minimum atomic E-state index is -4.38. The van der Waals surface area contributed by atoms with Gasteiger partial charge in [-0.1, -0.05) is 12.1 Å². The van der Waals surface area contributed by atoms with Crippen LogP contribution in [-0.2, 0) is 15.8 Å². The first-order chi connectivity index (χ1) is 12.8. The minimum Gasteiger partial charge on any atom is -0.323 e. The van der Waals surface area contributed by atoms with Crippen molar-refractivity contribution in [3.63, 3.8) is 0 Å². The van der Waals surface area contributed by atoms with Crippen LogP contribution in [0.5, 0.6) is 0 Å². The van der Waals surface area contributed by atoms with E-state index in [1.54, 1.807) is 29.2 Å². The first-order valence-corrected chi connectivity index (χ1v) is 8.40. The number of anilines is 2. The van der Waals surface area contributed by atoms with Crippen LogP contribution in [-0.4, -0.2) is 18.4 Å². The highest BCUT2D eigenvalue weighted by atomic mass is 19.4. The third-order valence-electron chi connectivity index (χ3n) is 4.19. The Labute approximate surface area is 154 Å². The second kappa shape index (κ2) is 7.65. The number of carbonyl (C=O) groups excluding carboxylic acids is 2. The number of rotatable bonds is 4. The predicted molar refractivity (Wildman–Crippen MR) is 97.1 cm³/mol. The average molecular weight is 374 g/mol. The van der Waals surface area contributed by atoms with Crippen LogP contribution in [0.2, 0.25) is 0 Å². The SMILES string of the molecule is O=C(/C=C/c1ccc(C(F)(F)F)cc1)Nc1ccc(N2CCCC2=O)cc1. The highest BCUT2D eigenvalue weighted by molar-refractivity contribution is 6.02. The number of hydrogen-bond acceptors (Lipinski definition) is 2. The van der Waals surface area contributed by atoms with Crippen LogP contribution in [0.3, 0.4) is 0 Å². The van der Waals surface area contributed by atoms with E-state index in [-0.39, 0.29) is 5.91 Å². The molecule has 1 fully saturated rings. The van der Waals surface area contributed by atoms with Crippen LogP contribution in [0.1, 0.15) is 24.0 Å². The Morgan fingerprint density at radius 1 is 1.04 bits per heavy atom. The highest BCUT2D eigenvalue weighted by Gasteiger charge is 2.29. The van der Waals surface area contributed by atoms with Gasteiger partial charge in [-0.05, 0) is 54.5 Å². The van der Waals surface area contributed by atoms with E-state index in [1.165, 1.54) is 24.3 Å². The number of benzene rings is 2. The van der Waals surface area contributed by atoms with Crippen LogP contribution in [0.25, 0.3) is 6.08 Å². The fourth-order valence-corrected chi connectivity index (χ4v) is 2.78. The predicted octanol–water partition coefficient (Wildman–Crippen LogP) is 4.48. The van der Waals surface area contributed by atoms with Crippen LogP contribution in [0, 0.1) is 0 Å². The summed E-state index contributed by atoms with van der Waals surface area (Å²) >= 11 is 0. The Kier molecular flexibility index (Phi) is 5.30. The Balaban J connectivity index is 1.58. The van der Waals surface area contributed by atoms with Gasteiger partial charge in [0, 0.05) is 30.4 Å². The third kappa shape index (κ3) is 4.75. The quantitative estimate of drug-likeness (QED) is 0.802. The number of halogens is 3. The van der Waals surface area contributed by atoms with Gasteiger partial charge in [-0.3, -0.25) is 9.59 Å². The van der Waals surface area contributed by atoms with Crippen molar-refractivity contribution in [3.8, 4) is 0 Å². The Morgan fingerprint density at radius 3 is 2.26 bits per heavy atom. The van der Waals surface area contributed by atoms with E-state index in [1.807, 2.05) is 0 Å². The van der Waals surface area contributed by atoms with Crippen molar-refractivity contribution in [1.82, 2.24) is 0 Å². The van der Waals surface area contributed by atoms with Gasteiger partial charge < -0.3 is 10.2 Å². The first-order valence-electron chi connectivity index (χ1n) is 8.40. The summed E-state index contributed by atoms with van der Waals surface area (Å²) in [4.78, 5) is 25.4. The van der Waals surface area contributed by atoms with E-state index >= 15 is 0 Å². The lowest BCUT2D eigenvalue weighted by Gasteiger charge is -2.15. The number of hydrogen-bond donors (Lipinski definition) is 1. The van der Waals surface area contributed by atoms with E-state index in [2.05, 4.69) is 5.32 Å². The van der Waals surface area contributed by atoms with Crippen LogP contribution in [0.4, 0.5) is 24.5 Å². The number of nitrogens with zero attached hydrogens (tertiary/aromatic N) is 1. The zero-order valence-electron chi connectivity index (χ0n) is 14.3. The van der Waals surface area contributed by atoms with Crippen molar-refractivity contribution in [2.45, 2.75) is 19.0 Å². The number of carbonyl (C=O) groups is 2. The summed E-state index contributed by atoms with van der Waals surface area (Å²) in [6.45, 7) is 0.695.